The molecule has 0 bridgehead atoms. The first kappa shape index (κ1) is 16.2. The molecule has 0 aliphatic carbocycles. The maximum Gasteiger partial charge on any atom is 0.410 e. The summed E-state index contributed by atoms with van der Waals surface area (Å²) in [6.45, 7) is 6.27. The van der Waals surface area contributed by atoms with E-state index < -0.39 is 27.9 Å². The molecule has 1 atom stereocenters. The summed E-state index contributed by atoms with van der Waals surface area (Å²) < 4.78 is 37.0. The molecule has 1 fully saturated rings. The summed E-state index contributed by atoms with van der Waals surface area (Å²) in [5, 5.41) is 0. The fraction of sp³-hybridized carbons (Fsp3) is 0.909. The number of ether oxygens (including phenoxy) is 2. The van der Waals surface area contributed by atoms with Crippen LogP contribution in [0.5, 0.6) is 0 Å². The average Bonchev–Trinajstić information content (AvgIpc) is 2.23. The van der Waals surface area contributed by atoms with Crippen molar-refractivity contribution in [2.24, 2.45) is 0 Å². The molecule has 0 aromatic carbocycles. The van der Waals surface area contributed by atoms with Crippen LogP contribution in [-0.4, -0.2) is 63.7 Å². The molecule has 1 saturated heterocycles. The second-order valence-corrected chi connectivity index (χ2v) is 7.05. The predicted molar refractivity (Wildman–Crippen MR) is 68.3 cm³/mol. The van der Waals surface area contributed by atoms with Crippen LogP contribution in [0.2, 0.25) is 0 Å². The number of hydrogen-bond donors (Lipinski definition) is 0. The largest absolute Gasteiger partial charge is 0.444 e. The van der Waals surface area contributed by atoms with Crippen LogP contribution in [0.4, 0.5) is 4.79 Å². The Morgan fingerprint density at radius 2 is 2.05 bits per heavy atom. The van der Waals surface area contributed by atoms with Gasteiger partial charge >= 0.3 is 6.09 Å². The molecule has 1 aliphatic heterocycles. The predicted octanol–water partition coefficient (Wildman–Crippen LogP) is 0.599. The second kappa shape index (κ2) is 6.06. The Morgan fingerprint density at radius 3 is 2.58 bits per heavy atom. The standard InChI is InChI=1S/C11H21NO6S/c1-11(2,3)18-10(13)12-5-6-16-9(7-12)8-17-19(4,14)15/h9H,5-8H2,1-4H3/t9-/m0/s1. The summed E-state index contributed by atoms with van der Waals surface area (Å²) in [6, 6.07) is 0. The van der Waals surface area contributed by atoms with E-state index >= 15 is 0 Å². The molecule has 7 nitrogen and oxygen atoms in total. The lowest BCUT2D eigenvalue weighted by atomic mass is 10.2. The Morgan fingerprint density at radius 1 is 1.42 bits per heavy atom. The minimum atomic E-state index is -3.50. The highest BCUT2D eigenvalue weighted by Crippen LogP contribution is 2.13. The van der Waals surface area contributed by atoms with E-state index in [0.29, 0.717) is 13.2 Å². The van der Waals surface area contributed by atoms with E-state index in [1.807, 2.05) is 0 Å². The van der Waals surface area contributed by atoms with Crippen molar-refractivity contribution >= 4 is 16.2 Å². The van der Waals surface area contributed by atoms with Crippen LogP contribution >= 0.6 is 0 Å². The maximum atomic E-state index is 11.8. The van der Waals surface area contributed by atoms with Crippen molar-refractivity contribution in [1.29, 1.82) is 0 Å². The zero-order chi connectivity index (χ0) is 14.7. The first-order valence-corrected chi connectivity index (χ1v) is 7.82. The van der Waals surface area contributed by atoms with Gasteiger partial charge in [-0.3, -0.25) is 4.18 Å². The molecule has 0 aromatic rings. The summed E-state index contributed by atoms with van der Waals surface area (Å²) in [5.74, 6) is 0. The number of carbonyl (C=O) groups is 1. The molecule has 0 spiro atoms. The molecule has 8 heteroatoms. The zero-order valence-corrected chi connectivity index (χ0v) is 12.5. The molecule has 112 valence electrons. The third-order valence-corrected chi connectivity index (χ3v) is 2.82. The number of hydrogen-bond acceptors (Lipinski definition) is 6. The minimum absolute atomic E-state index is 0.0991. The molecule has 0 N–H and O–H groups in total. The highest BCUT2D eigenvalue weighted by molar-refractivity contribution is 7.85. The summed E-state index contributed by atoms with van der Waals surface area (Å²) in [6.07, 6.45) is 0.0812. The lowest BCUT2D eigenvalue weighted by Gasteiger charge is -2.33. The first-order chi connectivity index (χ1) is 8.57. The van der Waals surface area contributed by atoms with Crippen LogP contribution < -0.4 is 0 Å². The molecule has 1 heterocycles. The van der Waals surface area contributed by atoms with Crippen LogP contribution in [-0.2, 0) is 23.8 Å². The van der Waals surface area contributed by atoms with E-state index in [-0.39, 0.29) is 13.2 Å². The maximum absolute atomic E-state index is 11.8. The summed E-state index contributed by atoms with van der Waals surface area (Å²) >= 11 is 0. The number of carbonyl (C=O) groups excluding carboxylic acids is 1. The van der Waals surface area contributed by atoms with E-state index in [4.69, 9.17) is 9.47 Å². The Hall–Kier alpha value is -0.860. The van der Waals surface area contributed by atoms with Gasteiger partial charge in [0.05, 0.1) is 26.0 Å². The van der Waals surface area contributed by atoms with Gasteiger partial charge in [-0.1, -0.05) is 0 Å². The summed E-state index contributed by atoms with van der Waals surface area (Å²) in [7, 11) is -3.50. The lowest BCUT2D eigenvalue weighted by Crippen LogP contribution is -2.48. The van der Waals surface area contributed by atoms with Crippen molar-refractivity contribution in [2.45, 2.75) is 32.5 Å². The highest BCUT2D eigenvalue weighted by Gasteiger charge is 2.28. The van der Waals surface area contributed by atoms with E-state index in [0.717, 1.165) is 6.26 Å². The van der Waals surface area contributed by atoms with Crippen molar-refractivity contribution in [1.82, 2.24) is 4.90 Å². The normalized spacial score (nSPS) is 21.3. The Balaban J connectivity index is 2.48. The zero-order valence-electron chi connectivity index (χ0n) is 11.7. The molecule has 1 rings (SSSR count). The molecule has 0 radical (unpaired) electrons. The quantitative estimate of drug-likeness (QED) is 0.709. The number of amides is 1. The fourth-order valence-electron chi connectivity index (χ4n) is 1.51. The van der Waals surface area contributed by atoms with Gasteiger partial charge < -0.3 is 14.4 Å². The van der Waals surface area contributed by atoms with Gasteiger partial charge in [-0.05, 0) is 20.8 Å². The monoisotopic (exact) mass is 295 g/mol. The molecule has 19 heavy (non-hydrogen) atoms. The molecule has 0 aromatic heterocycles. The molecule has 1 aliphatic rings. The van der Waals surface area contributed by atoms with Gasteiger partial charge in [-0.25, -0.2) is 4.79 Å². The number of rotatable bonds is 3. The van der Waals surface area contributed by atoms with Gasteiger partial charge in [0.2, 0.25) is 0 Å². The van der Waals surface area contributed by atoms with Crippen LogP contribution in [0.15, 0.2) is 0 Å². The summed E-state index contributed by atoms with van der Waals surface area (Å²) in [5.41, 5.74) is -0.561. The first-order valence-electron chi connectivity index (χ1n) is 6.01. The van der Waals surface area contributed by atoms with E-state index in [9.17, 15) is 13.2 Å². The van der Waals surface area contributed by atoms with Crippen LogP contribution in [0, 0.1) is 0 Å². The third-order valence-electron chi connectivity index (χ3n) is 2.26. The fourth-order valence-corrected chi connectivity index (χ4v) is 1.91. The van der Waals surface area contributed by atoms with Crippen molar-refractivity contribution < 1.29 is 26.9 Å². The topological polar surface area (TPSA) is 82.1 Å². The van der Waals surface area contributed by atoms with Gasteiger partial charge in [0.1, 0.15) is 11.7 Å². The van der Waals surface area contributed by atoms with Gasteiger partial charge in [-0.2, -0.15) is 8.42 Å². The SMILES string of the molecule is CC(C)(C)OC(=O)N1CCO[C@H](COS(C)(=O)=O)C1. The third kappa shape index (κ3) is 6.74. The van der Waals surface area contributed by atoms with Crippen LogP contribution in [0.1, 0.15) is 20.8 Å². The minimum Gasteiger partial charge on any atom is -0.444 e. The molecule has 0 saturated carbocycles. The molecular weight excluding hydrogens is 274 g/mol. The molecule has 1 amide bonds. The van der Waals surface area contributed by atoms with Gasteiger partial charge in [-0.15, -0.1) is 0 Å². The van der Waals surface area contributed by atoms with Crippen LogP contribution in [0.3, 0.4) is 0 Å². The van der Waals surface area contributed by atoms with Gasteiger partial charge in [0, 0.05) is 6.54 Å². The Kier molecular flexibility index (Phi) is 5.17. The number of nitrogens with zero attached hydrogens (tertiary/aromatic N) is 1. The van der Waals surface area contributed by atoms with E-state index in [1.54, 1.807) is 20.8 Å². The smallest absolute Gasteiger partial charge is 0.410 e. The van der Waals surface area contributed by atoms with Crippen molar-refractivity contribution in [3.8, 4) is 0 Å². The van der Waals surface area contributed by atoms with E-state index in [1.165, 1.54) is 4.90 Å². The average molecular weight is 295 g/mol. The van der Waals surface area contributed by atoms with Gasteiger partial charge in [0.15, 0.2) is 0 Å². The van der Waals surface area contributed by atoms with Crippen molar-refractivity contribution in [3.05, 3.63) is 0 Å². The summed E-state index contributed by atoms with van der Waals surface area (Å²) in [4.78, 5) is 13.3. The lowest BCUT2D eigenvalue weighted by molar-refractivity contribution is -0.0548. The van der Waals surface area contributed by atoms with Crippen molar-refractivity contribution in [3.63, 3.8) is 0 Å². The van der Waals surface area contributed by atoms with E-state index in [2.05, 4.69) is 4.18 Å². The second-order valence-electron chi connectivity index (χ2n) is 5.41. The number of morpholine rings is 1. The highest BCUT2D eigenvalue weighted by atomic mass is 32.2. The van der Waals surface area contributed by atoms with Gasteiger partial charge in [0.25, 0.3) is 10.1 Å². The molecular formula is C11H21NO6S. The van der Waals surface area contributed by atoms with Crippen molar-refractivity contribution in [2.75, 3.05) is 32.6 Å². The van der Waals surface area contributed by atoms with Crippen LogP contribution in [0.25, 0.3) is 0 Å². The Labute approximate surface area is 113 Å². The molecule has 0 unspecified atom stereocenters. The Bertz CT molecular complexity index is 413.